The molecule has 0 N–H and O–H groups in total. The minimum atomic E-state index is -1.18. The molecule has 4 rings (SSSR count). The van der Waals surface area contributed by atoms with E-state index in [1.165, 1.54) is 25.5 Å². The lowest BCUT2D eigenvalue weighted by Crippen LogP contribution is -2.55. The van der Waals surface area contributed by atoms with Crippen molar-refractivity contribution in [2.45, 2.75) is 64.3 Å². The second-order valence-electron chi connectivity index (χ2n) is 8.76. The number of carbonyl (C=O) groups excluding carboxylic acids is 4. The Labute approximate surface area is 212 Å². The van der Waals surface area contributed by atoms with Crippen LogP contribution in [0.2, 0.25) is 0 Å². The first-order valence-electron chi connectivity index (χ1n) is 11.7. The summed E-state index contributed by atoms with van der Waals surface area (Å²) in [6.45, 7) is 3.82. The molecule has 0 unspecified atom stereocenters. The number of amides is 1. The van der Waals surface area contributed by atoms with E-state index >= 15 is 0 Å². The van der Waals surface area contributed by atoms with E-state index in [2.05, 4.69) is 10.3 Å². The van der Waals surface area contributed by atoms with Crippen LogP contribution in [0.3, 0.4) is 0 Å². The third-order valence-corrected chi connectivity index (χ3v) is 5.86. The largest absolute Gasteiger partial charge is 0.456 e. The van der Waals surface area contributed by atoms with Gasteiger partial charge < -0.3 is 23.7 Å². The van der Waals surface area contributed by atoms with Gasteiger partial charge in [-0.1, -0.05) is 35.5 Å². The van der Waals surface area contributed by atoms with Crippen LogP contribution in [0.4, 0.5) is 4.79 Å². The van der Waals surface area contributed by atoms with Crippen molar-refractivity contribution in [2.24, 2.45) is 0 Å². The maximum Gasteiger partial charge on any atom is 0.410 e. The molecule has 2 fully saturated rings. The Morgan fingerprint density at radius 2 is 1.65 bits per heavy atom. The van der Waals surface area contributed by atoms with E-state index in [0.717, 1.165) is 5.56 Å². The van der Waals surface area contributed by atoms with Crippen molar-refractivity contribution in [2.75, 3.05) is 13.2 Å². The molecule has 0 aliphatic carbocycles. The normalized spacial score (nSPS) is 25.3. The molecule has 2 aromatic rings. The molecule has 0 saturated carbocycles. The van der Waals surface area contributed by atoms with Crippen molar-refractivity contribution in [3.05, 3.63) is 47.8 Å². The topological polar surface area (TPSA) is 148 Å². The number of nitrogens with zero attached hydrogens (tertiary/aromatic N) is 4. The number of benzene rings is 1. The molecule has 2 aliphatic heterocycles. The van der Waals surface area contributed by atoms with Crippen molar-refractivity contribution >= 4 is 24.0 Å². The Balaban J connectivity index is 1.52. The van der Waals surface area contributed by atoms with Crippen molar-refractivity contribution in [1.82, 2.24) is 19.9 Å². The second-order valence-corrected chi connectivity index (χ2v) is 8.76. The van der Waals surface area contributed by atoms with Crippen LogP contribution < -0.4 is 0 Å². The molecule has 2 aliphatic rings. The van der Waals surface area contributed by atoms with Gasteiger partial charge in [-0.05, 0) is 12.0 Å². The Kier molecular flexibility index (Phi) is 8.01. The smallest absolute Gasteiger partial charge is 0.410 e. The quantitative estimate of drug-likeness (QED) is 0.368. The molecular weight excluding hydrogens is 488 g/mol. The average molecular weight is 517 g/mol. The molecule has 2 saturated heterocycles. The fraction of sp³-hybridized carbons (Fsp3) is 0.500. The zero-order valence-corrected chi connectivity index (χ0v) is 20.6. The molecule has 0 bridgehead atoms. The number of rotatable bonds is 8. The van der Waals surface area contributed by atoms with Crippen LogP contribution in [0.25, 0.3) is 0 Å². The van der Waals surface area contributed by atoms with Gasteiger partial charge in [-0.25, -0.2) is 9.48 Å². The molecule has 1 amide bonds. The van der Waals surface area contributed by atoms with Crippen LogP contribution in [0, 0.1) is 0 Å². The lowest BCUT2D eigenvalue weighted by atomic mass is 10.0. The number of carbonyl (C=O) groups is 4. The third-order valence-electron chi connectivity index (χ3n) is 5.86. The molecular formula is C24H28N4O9. The molecule has 13 heteroatoms. The number of esters is 3. The molecule has 13 nitrogen and oxygen atoms in total. The minimum absolute atomic E-state index is 0.130. The first-order chi connectivity index (χ1) is 17.7. The fourth-order valence-corrected chi connectivity index (χ4v) is 4.37. The monoisotopic (exact) mass is 516 g/mol. The molecule has 3 heterocycles. The van der Waals surface area contributed by atoms with E-state index in [1.54, 1.807) is 11.1 Å². The van der Waals surface area contributed by atoms with Crippen LogP contribution in [-0.4, -0.2) is 81.5 Å². The van der Waals surface area contributed by atoms with Gasteiger partial charge in [0, 0.05) is 20.8 Å². The average Bonchev–Trinajstić information content (AvgIpc) is 3.43. The van der Waals surface area contributed by atoms with E-state index in [-0.39, 0.29) is 25.8 Å². The lowest BCUT2D eigenvalue weighted by Gasteiger charge is -2.40. The Hall–Kier alpha value is -4.00. The SMILES string of the molecule is CC(=O)O[C@@H]1[C@@H](OC(C)=O)[C@@H](n2cc(CN3C(=O)OC[C@H]3Cc3ccccc3)nn2)OC[C@H]1OC(C)=O. The van der Waals surface area contributed by atoms with Crippen LogP contribution in [0.15, 0.2) is 36.5 Å². The summed E-state index contributed by atoms with van der Waals surface area (Å²) < 4.78 is 28.4. The highest BCUT2D eigenvalue weighted by Gasteiger charge is 2.48. The number of ether oxygens (including phenoxy) is 5. The van der Waals surface area contributed by atoms with E-state index in [4.69, 9.17) is 23.7 Å². The summed E-state index contributed by atoms with van der Waals surface area (Å²) in [5.41, 5.74) is 1.51. The Morgan fingerprint density at radius 1 is 0.973 bits per heavy atom. The Bertz CT molecular complexity index is 1140. The summed E-state index contributed by atoms with van der Waals surface area (Å²) in [5, 5.41) is 8.24. The van der Waals surface area contributed by atoms with Gasteiger partial charge in [-0.2, -0.15) is 0 Å². The van der Waals surface area contributed by atoms with Crippen molar-refractivity contribution in [3.8, 4) is 0 Å². The van der Waals surface area contributed by atoms with Crippen LogP contribution in [-0.2, 0) is 51.0 Å². The van der Waals surface area contributed by atoms with Gasteiger partial charge in [0.25, 0.3) is 0 Å². The second kappa shape index (κ2) is 11.4. The van der Waals surface area contributed by atoms with Crippen molar-refractivity contribution in [1.29, 1.82) is 0 Å². The van der Waals surface area contributed by atoms with Crippen LogP contribution in [0.1, 0.15) is 38.3 Å². The lowest BCUT2D eigenvalue weighted by molar-refractivity contribution is -0.241. The summed E-state index contributed by atoms with van der Waals surface area (Å²) in [6.07, 6.45) is -2.65. The van der Waals surface area contributed by atoms with E-state index in [0.29, 0.717) is 12.1 Å². The van der Waals surface area contributed by atoms with Gasteiger partial charge >= 0.3 is 24.0 Å². The summed E-state index contributed by atoms with van der Waals surface area (Å²) in [6, 6.07) is 9.57. The number of hydrogen-bond acceptors (Lipinski definition) is 11. The maximum atomic E-state index is 12.4. The minimum Gasteiger partial charge on any atom is -0.456 e. The third kappa shape index (κ3) is 6.42. The molecule has 5 atom stereocenters. The highest BCUT2D eigenvalue weighted by Crippen LogP contribution is 2.30. The Morgan fingerprint density at radius 3 is 2.32 bits per heavy atom. The zero-order valence-electron chi connectivity index (χ0n) is 20.6. The molecule has 198 valence electrons. The summed E-state index contributed by atoms with van der Waals surface area (Å²) in [4.78, 5) is 49.2. The van der Waals surface area contributed by atoms with E-state index < -0.39 is 48.5 Å². The van der Waals surface area contributed by atoms with E-state index in [1.807, 2.05) is 30.3 Å². The first-order valence-corrected chi connectivity index (χ1v) is 11.7. The predicted molar refractivity (Wildman–Crippen MR) is 122 cm³/mol. The summed E-state index contributed by atoms with van der Waals surface area (Å²) in [7, 11) is 0. The highest BCUT2D eigenvalue weighted by molar-refractivity contribution is 5.70. The standard InChI is InChI=1S/C24H28N4O9/c1-14(29)35-20-13-33-23(22(37-16(3)31)21(20)36-15(2)30)28-11-18(25-26-28)10-27-19(12-34-24(27)32)9-17-7-5-4-6-8-17/h4-8,11,19-23H,9-10,12-13H2,1-3H3/t19-,20-,21+,22-,23+/m1/s1. The van der Waals surface area contributed by atoms with Gasteiger partial charge in [0.05, 0.1) is 25.4 Å². The maximum absolute atomic E-state index is 12.4. The van der Waals surface area contributed by atoms with Gasteiger partial charge in [-0.3, -0.25) is 19.3 Å². The number of aromatic nitrogens is 3. The van der Waals surface area contributed by atoms with Gasteiger partial charge in [0.15, 0.2) is 24.5 Å². The van der Waals surface area contributed by atoms with Gasteiger partial charge in [0.1, 0.15) is 12.3 Å². The molecule has 1 aromatic heterocycles. The summed E-state index contributed by atoms with van der Waals surface area (Å²) >= 11 is 0. The van der Waals surface area contributed by atoms with Crippen LogP contribution in [0.5, 0.6) is 0 Å². The molecule has 0 spiro atoms. The van der Waals surface area contributed by atoms with Gasteiger partial charge in [0.2, 0.25) is 0 Å². The molecule has 1 aromatic carbocycles. The summed E-state index contributed by atoms with van der Waals surface area (Å²) in [5.74, 6) is -1.93. The van der Waals surface area contributed by atoms with Crippen LogP contribution >= 0.6 is 0 Å². The molecule has 37 heavy (non-hydrogen) atoms. The van der Waals surface area contributed by atoms with Crippen molar-refractivity contribution < 1.29 is 42.9 Å². The number of cyclic esters (lactones) is 1. The van der Waals surface area contributed by atoms with Crippen molar-refractivity contribution in [3.63, 3.8) is 0 Å². The van der Waals surface area contributed by atoms with E-state index in [9.17, 15) is 19.2 Å². The van der Waals surface area contributed by atoms with Gasteiger partial charge in [-0.15, -0.1) is 5.10 Å². The molecule has 0 radical (unpaired) electrons. The zero-order chi connectivity index (χ0) is 26.5. The highest BCUT2D eigenvalue weighted by atomic mass is 16.6. The number of hydrogen-bond donors (Lipinski definition) is 0. The fourth-order valence-electron chi connectivity index (χ4n) is 4.37. The first kappa shape index (κ1) is 26.1. The predicted octanol–water partition coefficient (Wildman–Crippen LogP) is 1.17.